The van der Waals surface area contributed by atoms with Crippen LogP contribution in [0.4, 0.5) is 0 Å². The second kappa shape index (κ2) is 15.9. The van der Waals surface area contributed by atoms with Crippen molar-refractivity contribution in [2.45, 2.75) is 62.7 Å². The highest BCUT2D eigenvalue weighted by Gasteiger charge is 2.31. The average molecular weight is 624 g/mol. The van der Waals surface area contributed by atoms with Gasteiger partial charge in [-0.3, -0.25) is 24.0 Å². The van der Waals surface area contributed by atoms with Crippen LogP contribution in [0.15, 0.2) is 54.7 Å². The van der Waals surface area contributed by atoms with Gasteiger partial charge in [-0.15, -0.1) is 0 Å². The van der Waals surface area contributed by atoms with E-state index in [1.165, 1.54) is 12.1 Å². The average Bonchev–Trinajstić information content (AvgIpc) is 3.40. The number of aromatic amines is 1. The van der Waals surface area contributed by atoms with Crippen molar-refractivity contribution in [3.63, 3.8) is 0 Å². The number of hydrogen-bond donors (Lipinski definition) is 9. The van der Waals surface area contributed by atoms with E-state index in [0.717, 1.165) is 10.9 Å². The Morgan fingerprint density at radius 1 is 0.733 bits per heavy atom. The third kappa shape index (κ3) is 10.4. The number of aliphatic carboxylic acids is 1. The van der Waals surface area contributed by atoms with Gasteiger partial charge in [0.05, 0.1) is 6.04 Å². The number of aromatic nitrogens is 1. The van der Waals surface area contributed by atoms with Gasteiger partial charge in [0.25, 0.3) is 0 Å². The quantitative estimate of drug-likeness (QED) is 0.0896. The molecule has 4 atom stereocenters. The van der Waals surface area contributed by atoms with E-state index < -0.39 is 59.7 Å². The Morgan fingerprint density at radius 2 is 1.29 bits per heavy atom. The van der Waals surface area contributed by atoms with E-state index in [0.29, 0.717) is 11.1 Å². The maximum Gasteiger partial charge on any atom is 0.326 e. The number of carbonyl (C=O) groups excluding carboxylic acids is 5. The molecule has 2 aromatic carbocycles. The van der Waals surface area contributed by atoms with Gasteiger partial charge in [-0.1, -0.05) is 30.3 Å². The Hall–Kier alpha value is -5.44. The van der Waals surface area contributed by atoms with E-state index in [1.807, 2.05) is 24.3 Å². The number of para-hydroxylation sites is 1. The smallest absolute Gasteiger partial charge is 0.326 e. The molecule has 0 aliphatic rings. The number of phenolic OH excluding ortho intramolecular Hbond substituents is 1. The van der Waals surface area contributed by atoms with Gasteiger partial charge in [0.15, 0.2) is 0 Å². The van der Waals surface area contributed by atoms with Crippen molar-refractivity contribution in [2.24, 2.45) is 17.2 Å². The van der Waals surface area contributed by atoms with Crippen LogP contribution in [0.3, 0.4) is 0 Å². The van der Waals surface area contributed by atoms with Crippen molar-refractivity contribution in [2.75, 3.05) is 0 Å². The predicted octanol–water partition coefficient (Wildman–Crippen LogP) is -0.944. The number of carbonyl (C=O) groups is 6. The Morgan fingerprint density at radius 3 is 1.91 bits per heavy atom. The topological polar surface area (TPSA) is 273 Å². The zero-order valence-corrected chi connectivity index (χ0v) is 24.3. The fourth-order valence-electron chi connectivity index (χ4n) is 4.63. The number of carboxylic acid groups (broad SMARTS) is 1. The summed E-state index contributed by atoms with van der Waals surface area (Å²) >= 11 is 0. The number of amides is 5. The summed E-state index contributed by atoms with van der Waals surface area (Å²) in [6.45, 7) is 0. The van der Waals surface area contributed by atoms with Crippen LogP contribution >= 0.6 is 0 Å². The van der Waals surface area contributed by atoms with Crippen LogP contribution < -0.4 is 33.2 Å². The third-order valence-corrected chi connectivity index (χ3v) is 7.07. The molecule has 0 spiro atoms. The standard InChI is InChI=1S/C30H37N7O8/c31-20(13-16-5-7-18(38)8-6-16)27(41)37-24(14-17-15-34-21-4-2-1-3-19(17)21)29(43)35-22(9-11-25(32)39)28(42)36-23(30(44)45)10-12-26(33)40/h1-8,15,20,22-24,34,38H,9-14,31H2,(H2,32,39)(H2,33,40)(H,35,43)(H,36,42)(H,37,41)(H,44,45). The molecule has 0 bridgehead atoms. The molecule has 1 aromatic heterocycles. The van der Waals surface area contributed by atoms with Crippen LogP contribution in [0, 0.1) is 0 Å². The van der Waals surface area contributed by atoms with Gasteiger partial charge >= 0.3 is 5.97 Å². The van der Waals surface area contributed by atoms with E-state index in [-0.39, 0.29) is 44.3 Å². The van der Waals surface area contributed by atoms with E-state index in [9.17, 15) is 39.0 Å². The summed E-state index contributed by atoms with van der Waals surface area (Å²) in [7, 11) is 0. The Labute approximate surface area is 257 Å². The number of primary amides is 2. The van der Waals surface area contributed by atoms with Gasteiger partial charge in [0.2, 0.25) is 29.5 Å². The summed E-state index contributed by atoms with van der Waals surface area (Å²) in [5, 5.41) is 27.2. The molecule has 15 nitrogen and oxygen atoms in total. The van der Waals surface area contributed by atoms with E-state index in [4.69, 9.17) is 17.2 Å². The van der Waals surface area contributed by atoms with E-state index in [1.54, 1.807) is 18.3 Å². The van der Waals surface area contributed by atoms with Crippen LogP contribution in [0.2, 0.25) is 0 Å². The highest BCUT2D eigenvalue weighted by atomic mass is 16.4. The minimum absolute atomic E-state index is 0.0198. The summed E-state index contributed by atoms with van der Waals surface area (Å²) in [5.41, 5.74) is 18.6. The number of fused-ring (bicyclic) bond motifs is 1. The monoisotopic (exact) mass is 623 g/mol. The first-order valence-corrected chi connectivity index (χ1v) is 14.1. The van der Waals surface area contributed by atoms with Crippen molar-refractivity contribution in [3.8, 4) is 5.75 Å². The lowest BCUT2D eigenvalue weighted by Gasteiger charge is -2.25. The van der Waals surface area contributed by atoms with Gasteiger partial charge in [-0.05, 0) is 48.6 Å². The molecule has 0 saturated heterocycles. The van der Waals surface area contributed by atoms with Gasteiger partial charge in [0.1, 0.15) is 23.9 Å². The van der Waals surface area contributed by atoms with Crippen molar-refractivity contribution in [3.05, 3.63) is 65.9 Å². The van der Waals surface area contributed by atoms with Gasteiger partial charge < -0.3 is 48.3 Å². The lowest BCUT2D eigenvalue weighted by atomic mass is 10.0. The molecule has 5 amide bonds. The molecule has 0 radical (unpaired) electrons. The Balaban J connectivity index is 1.84. The number of nitrogens with one attached hydrogen (secondary N) is 4. The molecule has 0 fully saturated rings. The lowest BCUT2D eigenvalue weighted by molar-refractivity contribution is -0.142. The normalized spacial score (nSPS) is 13.6. The molecule has 0 saturated carbocycles. The minimum atomic E-state index is -1.50. The molecule has 240 valence electrons. The summed E-state index contributed by atoms with van der Waals surface area (Å²) in [4.78, 5) is 77.5. The molecule has 0 aliphatic carbocycles. The number of phenols is 1. The number of H-pyrrole nitrogens is 1. The number of rotatable bonds is 17. The molecular formula is C30H37N7O8. The Kier molecular flexibility index (Phi) is 12.0. The lowest BCUT2D eigenvalue weighted by Crippen LogP contribution is -2.58. The maximum absolute atomic E-state index is 13.7. The van der Waals surface area contributed by atoms with Crippen LogP contribution in [-0.2, 0) is 41.6 Å². The summed E-state index contributed by atoms with van der Waals surface area (Å²) in [6, 6.07) is 8.15. The molecule has 3 aromatic rings. The highest BCUT2D eigenvalue weighted by Crippen LogP contribution is 2.20. The fraction of sp³-hybridized carbons (Fsp3) is 0.333. The molecule has 15 heteroatoms. The van der Waals surface area contributed by atoms with Crippen LogP contribution in [0.5, 0.6) is 5.75 Å². The summed E-state index contributed by atoms with van der Waals surface area (Å²) < 4.78 is 0. The molecule has 45 heavy (non-hydrogen) atoms. The summed E-state index contributed by atoms with van der Waals surface area (Å²) in [5.74, 6) is -5.34. The first kappa shape index (κ1) is 34.1. The molecule has 12 N–H and O–H groups in total. The van der Waals surface area contributed by atoms with Crippen molar-refractivity contribution in [1.82, 2.24) is 20.9 Å². The van der Waals surface area contributed by atoms with Crippen LogP contribution in [0.1, 0.15) is 36.8 Å². The largest absolute Gasteiger partial charge is 0.508 e. The number of carboxylic acids is 1. The van der Waals surface area contributed by atoms with Gasteiger partial charge in [-0.25, -0.2) is 4.79 Å². The summed E-state index contributed by atoms with van der Waals surface area (Å²) in [6.07, 6.45) is 0.537. The van der Waals surface area contributed by atoms with Gasteiger partial charge in [0, 0.05) is 36.4 Å². The zero-order chi connectivity index (χ0) is 33.1. The molecule has 0 aliphatic heterocycles. The first-order valence-electron chi connectivity index (χ1n) is 14.1. The molecule has 1 heterocycles. The predicted molar refractivity (Wildman–Crippen MR) is 162 cm³/mol. The SMILES string of the molecule is NC(=O)CCC(NC(=O)C(CCC(N)=O)NC(=O)C(Cc1c[nH]c2ccccc12)NC(=O)C(N)Cc1ccc(O)cc1)C(=O)O. The maximum atomic E-state index is 13.7. The minimum Gasteiger partial charge on any atom is -0.508 e. The first-order chi connectivity index (χ1) is 21.3. The van der Waals surface area contributed by atoms with E-state index >= 15 is 0 Å². The molecular weight excluding hydrogens is 586 g/mol. The third-order valence-electron chi connectivity index (χ3n) is 7.07. The highest BCUT2D eigenvalue weighted by molar-refractivity contribution is 5.95. The van der Waals surface area contributed by atoms with Crippen LogP contribution in [0.25, 0.3) is 10.9 Å². The van der Waals surface area contributed by atoms with Crippen molar-refractivity contribution >= 4 is 46.4 Å². The molecule has 4 unspecified atom stereocenters. The van der Waals surface area contributed by atoms with Crippen molar-refractivity contribution < 1.29 is 39.0 Å². The number of benzene rings is 2. The number of hydrogen-bond acceptors (Lipinski definition) is 8. The van der Waals surface area contributed by atoms with Crippen LogP contribution in [-0.4, -0.2) is 74.9 Å². The van der Waals surface area contributed by atoms with Crippen molar-refractivity contribution in [1.29, 1.82) is 0 Å². The second-order valence-electron chi connectivity index (χ2n) is 10.6. The van der Waals surface area contributed by atoms with E-state index in [2.05, 4.69) is 20.9 Å². The number of nitrogens with two attached hydrogens (primary N) is 3. The molecule has 3 rings (SSSR count). The second-order valence-corrected chi connectivity index (χ2v) is 10.6. The zero-order valence-electron chi connectivity index (χ0n) is 24.3. The Bertz CT molecular complexity index is 1540. The van der Waals surface area contributed by atoms with Gasteiger partial charge in [-0.2, -0.15) is 0 Å². The number of aromatic hydroxyl groups is 1. The fourth-order valence-corrected chi connectivity index (χ4v) is 4.63.